The Hall–Kier alpha value is -2.47. The number of carboxylic acids is 1. The Morgan fingerprint density at radius 1 is 1.35 bits per heavy atom. The normalized spacial score (nSPS) is 10.7. The monoisotopic (exact) mass is 285 g/mol. The molecule has 0 atom stereocenters. The van der Waals surface area contributed by atoms with Crippen molar-refractivity contribution >= 4 is 39.1 Å². The lowest BCUT2D eigenvalue weighted by molar-refractivity contribution is 0.0697. The van der Waals surface area contributed by atoms with Gasteiger partial charge >= 0.3 is 5.97 Å². The predicted octanol–water partition coefficient (Wildman–Crippen LogP) is 3.44. The third-order valence-electron chi connectivity index (χ3n) is 2.92. The minimum atomic E-state index is -0.979. The van der Waals surface area contributed by atoms with E-state index in [9.17, 15) is 9.90 Å². The van der Waals surface area contributed by atoms with Crippen LogP contribution in [-0.4, -0.2) is 20.4 Å². The van der Waals surface area contributed by atoms with Crippen molar-refractivity contribution in [1.29, 1.82) is 0 Å². The highest BCUT2D eigenvalue weighted by Crippen LogP contribution is 2.28. The first kappa shape index (κ1) is 12.6. The number of pyridine rings is 1. The Labute approximate surface area is 119 Å². The number of carbonyl (C=O) groups is 1. The molecule has 0 amide bonds. The van der Waals surface area contributed by atoms with E-state index in [4.69, 9.17) is 0 Å². The molecule has 0 aliphatic heterocycles. The van der Waals surface area contributed by atoms with Gasteiger partial charge in [-0.25, -0.2) is 4.79 Å². The molecule has 0 spiro atoms. The number of nitrogens with zero attached hydrogens (tertiary/aromatic N) is 2. The predicted molar refractivity (Wildman–Crippen MR) is 78.8 cm³/mol. The molecule has 1 aromatic carbocycles. The molecule has 0 bridgehead atoms. The topological polar surface area (TPSA) is 75.1 Å². The Morgan fingerprint density at radius 3 is 2.95 bits per heavy atom. The van der Waals surface area contributed by atoms with Crippen LogP contribution in [0.2, 0.25) is 0 Å². The highest BCUT2D eigenvalue weighted by Gasteiger charge is 2.17. The summed E-state index contributed by atoms with van der Waals surface area (Å²) in [5, 5.41) is 13.8. The number of aromatic carboxylic acids is 1. The van der Waals surface area contributed by atoms with Crippen LogP contribution in [0.5, 0.6) is 0 Å². The zero-order valence-corrected chi connectivity index (χ0v) is 11.4. The third kappa shape index (κ3) is 2.21. The summed E-state index contributed by atoms with van der Waals surface area (Å²) < 4.78 is 4.07. The van der Waals surface area contributed by atoms with Gasteiger partial charge in [-0.1, -0.05) is 18.2 Å². The van der Waals surface area contributed by atoms with Gasteiger partial charge in [0, 0.05) is 5.39 Å². The molecular formula is C14H11N3O2S. The zero-order valence-electron chi connectivity index (χ0n) is 10.6. The van der Waals surface area contributed by atoms with Crippen LogP contribution in [0.25, 0.3) is 10.9 Å². The first-order valence-corrected chi connectivity index (χ1v) is 6.74. The highest BCUT2D eigenvalue weighted by molar-refractivity contribution is 7.10. The molecule has 100 valence electrons. The number of para-hydroxylation sites is 1. The number of aryl methyl sites for hydroxylation is 1. The summed E-state index contributed by atoms with van der Waals surface area (Å²) in [6.07, 6.45) is 1.68. The van der Waals surface area contributed by atoms with Crippen LogP contribution < -0.4 is 5.32 Å². The van der Waals surface area contributed by atoms with E-state index < -0.39 is 5.97 Å². The van der Waals surface area contributed by atoms with E-state index in [1.54, 1.807) is 13.1 Å². The smallest absolute Gasteiger partial charge is 0.340 e. The van der Waals surface area contributed by atoms with Gasteiger partial charge in [-0.15, -0.1) is 0 Å². The van der Waals surface area contributed by atoms with E-state index in [0.29, 0.717) is 10.7 Å². The number of hydrogen-bond acceptors (Lipinski definition) is 5. The van der Waals surface area contributed by atoms with Gasteiger partial charge in [0.15, 0.2) is 0 Å². The van der Waals surface area contributed by atoms with Gasteiger partial charge in [0.05, 0.1) is 23.1 Å². The maximum atomic E-state index is 11.2. The summed E-state index contributed by atoms with van der Waals surface area (Å²) in [5.74, 6) is -0.979. The molecule has 0 saturated carbocycles. The van der Waals surface area contributed by atoms with Crippen molar-refractivity contribution in [3.8, 4) is 0 Å². The van der Waals surface area contributed by atoms with Crippen molar-refractivity contribution < 1.29 is 9.90 Å². The third-order valence-corrected chi connectivity index (χ3v) is 3.78. The summed E-state index contributed by atoms with van der Waals surface area (Å²) in [6, 6.07) is 9.69. The number of benzene rings is 1. The molecule has 3 rings (SSSR count). The molecule has 2 N–H and O–H groups in total. The lowest BCUT2D eigenvalue weighted by Gasteiger charge is -2.05. The summed E-state index contributed by atoms with van der Waals surface area (Å²) in [5.41, 5.74) is 2.37. The fourth-order valence-electron chi connectivity index (χ4n) is 1.98. The summed E-state index contributed by atoms with van der Waals surface area (Å²) in [7, 11) is 0. The standard InChI is InChI=1S/C14H11N3O2S/c1-8-12(14(18)19)13(20-17-8)16-10-6-9-4-2-3-5-11(9)15-7-10/h2-7,16H,1H3,(H,18,19). The van der Waals surface area contributed by atoms with Crippen molar-refractivity contribution in [3.63, 3.8) is 0 Å². The molecule has 0 aliphatic rings. The quantitative estimate of drug-likeness (QED) is 0.771. The van der Waals surface area contributed by atoms with Crippen LogP contribution in [0.15, 0.2) is 36.5 Å². The van der Waals surface area contributed by atoms with Crippen molar-refractivity contribution in [1.82, 2.24) is 9.36 Å². The van der Waals surface area contributed by atoms with E-state index in [1.807, 2.05) is 30.3 Å². The lowest BCUT2D eigenvalue weighted by atomic mass is 10.2. The van der Waals surface area contributed by atoms with Gasteiger partial charge in [0.2, 0.25) is 0 Å². The Balaban J connectivity index is 1.99. The molecule has 0 fully saturated rings. The van der Waals surface area contributed by atoms with Gasteiger partial charge in [0.25, 0.3) is 0 Å². The fourth-order valence-corrected chi connectivity index (χ4v) is 2.79. The second-order valence-corrected chi connectivity index (χ2v) is 5.09. The molecule has 2 aromatic heterocycles. The van der Waals surface area contributed by atoms with E-state index in [0.717, 1.165) is 28.1 Å². The molecule has 3 aromatic rings. The minimum absolute atomic E-state index is 0.211. The molecule has 2 heterocycles. The molecule has 20 heavy (non-hydrogen) atoms. The Kier molecular flexibility index (Phi) is 3.08. The Bertz CT molecular complexity index is 798. The number of hydrogen-bond donors (Lipinski definition) is 2. The first-order chi connectivity index (χ1) is 9.65. The van der Waals surface area contributed by atoms with Crippen molar-refractivity contribution in [2.75, 3.05) is 5.32 Å². The van der Waals surface area contributed by atoms with E-state index >= 15 is 0 Å². The molecule has 0 aliphatic carbocycles. The number of nitrogens with one attached hydrogen (secondary N) is 1. The van der Waals surface area contributed by atoms with Gasteiger partial charge in [-0.05, 0) is 30.6 Å². The van der Waals surface area contributed by atoms with Gasteiger partial charge in [0.1, 0.15) is 10.6 Å². The van der Waals surface area contributed by atoms with E-state index in [-0.39, 0.29) is 5.56 Å². The second kappa shape index (κ2) is 4.90. The maximum absolute atomic E-state index is 11.2. The largest absolute Gasteiger partial charge is 0.478 e. The second-order valence-electron chi connectivity index (χ2n) is 4.32. The van der Waals surface area contributed by atoms with E-state index in [1.165, 1.54) is 0 Å². The van der Waals surface area contributed by atoms with Crippen molar-refractivity contribution in [3.05, 3.63) is 47.8 Å². The van der Waals surface area contributed by atoms with Crippen LogP contribution in [0, 0.1) is 6.92 Å². The number of aromatic nitrogens is 2. The number of anilines is 2. The van der Waals surface area contributed by atoms with Gasteiger partial charge in [-0.2, -0.15) is 4.37 Å². The lowest BCUT2D eigenvalue weighted by Crippen LogP contribution is -2.01. The van der Waals surface area contributed by atoms with Crippen molar-refractivity contribution in [2.45, 2.75) is 6.92 Å². The SMILES string of the molecule is Cc1nsc(Nc2cnc3ccccc3c2)c1C(=O)O. The summed E-state index contributed by atoms with van der Waals surface area (Å²) in [4.78, 5) is 15.6. The van der Waals surface area contributed by atoms with Crippen LogP contribution in [0.4, 0.5) is 10.7 Å². The molecular weight excluding hydrogens is 274 g/mol. The van der Waals surface area contributed by atoms with Gasteiger partial charge < -0.3 is 10.4 Å². The van der Waals surface area contributed by atoms with Crippen LogP contribution >= 0.6 is 11.5 Å². The summed E-state index contributed by atoms with van der Waals surface area (Å²) in [6.45, 7) is 1.68. The maximum Gasteiger partial charge on any atom is 0.340 e. The average molecular weight is 285 g/mol. The van der Waals surface area contributed by atoms with Crippen molar-refractivity contribution in [2.24, 2.45) is 0 Å². The average Bonchev–Trinajstić information content (AvgIpc) is 2.79. The highest BCUT2D eigenvalue weighted by atomic mass is 32.1. The number of fused-ring (bicyclic) bond motifs is 1. The van der Waals surface area contributed by atoms with Gasteiger partial charge in [-0.3, -0.25) is 4.98 Å². The molecule has 0 saturated heterocycles. The summed E-state index contributed by atoms with van der Waals surface area (Å²) >= 11 is 1.14. The molecule has 0 unspecified atom stereocenters. The molecule has 6 heteroatoms. The first-order valence-electron chi connectivity index (χ1n) is 5.96. The molecule has 5 nitrogen and oxygen atoms in total. The molecule has 0 radical (unpaired) electrons. The number of rotatable bonds is 3. The minimum Gasteiger partial charge on any atom is -0.478 e. The Morgan fingerprint density at radius 2 is 2.15 bits per heavy atom. The van der Waals surface area contributed by atoms with Crippen LogP contribution in [0.1, 0.15) is 16.1 Å². The van der Waals surface area contributed by atoms with E-state index in [2.05, 4.69) is 14.7 Å². The fraction of sp³-hybridized carbons (Fsp3) is 0.0714. The van der Waals surface area contributed by atoms with Crippen LogP contribution in [-0.2, 0) is 0 Å². The van der Waals surface area contributed by atoms with Crippen LogP contribution in [0.3, 0.4) is 0 Å². The zero-order chi connectivity index (χ0) is 14.1. The number of carboxylic acid groups (broad SMARTS) is 1.